The smallest absolute Gasteiger partial charge is 0.411 e. The molecule has 4 aromatic rings. The number of nitrogens with zero attached hydrogens (tertiary/aromatic N) is 1. The Morgan fingerprint density at radius 2 is 1.73 bits per heavy atom. The lowest BCUT2D eigenvalue weighted by molar-refractivity contribution is 0.130. The summed E-state index contributed by atoms with van der Waals surface area (Å²) >= 11 is 1.17. The molecule has 4 N–H and O–H groups in total. The lowest BCUT2D eigenvalue weighted by Crippen LogP contribution is -2.40. The van der Waals surface area contributed by atoms with Crippen LogP contribution in [0.2, 0.25) is 0 Å². The van der Waals surface area contributed by atoms with E-state index in [-0.39, 0.29) is 22.4 Å². The number of hydrogen-bond acceptors (Lipinski definition) is 7. The van der Waals surface area contributed by atoms with E-state index < -0.39 is 33.5 Å². The van der Waals surface area contributed by atoms with Gasteiger partial charge < -0.3 is 15.4 Å². The highest BCUT2D eigenvalue weighted by Crippen LogP contribution is 2.37. The molecule has 0 unspecified atom stereocenters. The first-order valence-corrected chi connectivity index (χ1v) is 16.0. The first kappa shape index (κ1) is 32.6. The molecule has 3 aromatic carbocycles. The number of halogens is 1. The van der Waals surface area contributed by atoms with Crippen molar-refractivity contribution in [3.05, 3.63) is 84.3 Å². The number of rotatable bonds is 9. The minimum atomic E-state index is -4.05. The largest absolute Gasteiger partial charge is 0.447 e. The number of sulfonamides is 1. The molecule has 232 valence electrons. The van der Waals surface area contributed by atoms with Crippen LogP contribution in [-0.2, 0) is 21.3 Å². The Morgan fingerprint density at radius 1 is 1.00 bits per heavy atom. The molecule has 0 fully saturated rings. The molecule has 0 aliphatic rings. The Balaban J connectivity index is 1.61. The molecule has 0 bridgehead atoms. The number of urea groups is 1. The average molecular weight is 640 g/mol. The van der Waals surface area contributed by atoms with Gasteiger partial charge in [0.1, 0.15) is 10.8 Å². The molecule has 13 heteroatoms. The molecule has 0 spiro atoms. The molecular weight excluding hydrogens is 606 g/mol. The number of anilines is 2. The van der Waals surface area contributed by atoms with Crippen molar-refractivity contribution in [3.8, 4) is 21.0 Å². The Hall–Kier alpha value is -4.33. The van der Waals surface area contributed by atoms with Crippen molar-refractivity contribution in [3.63, 3.8) is 0 Å². The minimum absolute atomic E-state index is 0.0475. The molecule has 0 saturated carbocycles. The van der Waals surface area contributed by atoms with Crippen LogP contribution in [0.4, 0.5) is 25.4 Å². The van der Waals surface area contributed by atoms with Gasteiger partial charge in [-0.3, -0.25) is 5.32 Å². The van der Waals surface area contributed by atoms with Crippen LogP contribution in [0.5, 0.6) is 0 Å². The molecule has 0 radical (unpaired) electrons. The standard InChI is InChI=1S/C31H34FN5O5S2/c1-19(2)42-30(39)36-25-14-11-21(15-24(25)32)28-33-18-26(43-28)23-13-12-22(16-27(23)44(40,41)37-31(3,4)5)35-29(38)34-17-20-9-7-6-8-10-20/h6-16,18-19,37H,17H2,1-5H3,(H,36,39)(H2,34,35,38). The fraction of sp³-hybridized carbons (Fsp3) is 0.258. The molecular formula is C31H34FN5O5S2. The number of nitrogens with one attached hydrogen (secondary N) is 4. The first-order valence-electron chi connectivity index (χ1n) is 13.7. The summed E-state index contributed by atoms with van der Waals surface area (Å²) in [5.41, 5.74) is 1.16. The van der Waals surface area contributed by atoms with Crippen molar-refractivity contribution in [1.29, 1.82) is 0 Å². The monoisotopic (exact) mass is 639 g/mol. The maximum absolute atomic E-state index is 14.8. The van der Waals surface area contributed by atoms with Crippen LogP contribution in [-0.4, -0.2) is 37.2 Å². The maximum Gasteiger partial charge on any atom is 0.411 e. The van der Waals surface area contributed by atoms with E-state index in [0.29, 0.717) is 27.6 Å². The lowest BCUT2D eigenvalue weighted by Gasteiger charge is -2.22. The van der Waals surface area contributed by atoms with E-state index in [0.717, 1.165) is 5.56 Å². The molecule has 1 heterocycles. The van der Waals surface area contributed by atoms with Crippen molar-refractivity contribution in [2.24, 2.45) is 0 Å². The third kappa shape index (κ3) is 8.85. The molecule has 4 rings (SSSR count). The number of carbonyl (C=O) groups excluding carboxylic acids is 2. The van der Waals surface area contributed by atoms with Crippen molar-refractivity contribution >= 4 is 44.9 Å². The number of amides is 3. The van der Waals surface area contributed by atoms with Gasteiger partial charge in [0, 0.05) is 35.1 Å². The minimum Gasteiger partial charge on any atom is -0.447 e. The van der Waals surface area contributed by atoms with Crippen LogP contribution >= 0.6 is 11.3 Å². The van der Waals surface area contributed by atoms with Gasteiger partial charge in [-0.05, 0) is 70.5 Å². The summed E-state index contributed by atoms with van der Waals surface area (Å²) in [4.78, 5) is 29.3. The van der Waals surface area contributed by atoms with E-state index >= 15 is 0 Å². The number of thiazole rings is 1. The number of benzene rings is 3. The zero-order valence-electron chi connectivity index (χ0n) is 24.9. The summed E-state index contributed by atoms with van der Waals surface area (Å²) in [6.07, 6.45) is 0.377. The van der Waals surface area contributed by atoms with E-state index in [1.165, 1.54) is 35.7 Å². The van der Waals surface area contributed by atoms with E-state index in [4.69, 9.17) is 4.74 Å². The summed E-state index contributed by atoms with van der Waals surface area (Å²) in [5.74, 6) is -0.682. The van der Waals surface area contributed by atoms with Gasteiger partial charge >= 0.3 is 12.1 Å². The Bertz CT molecular complexity index is 1750. The van der Waals surface area contributed by atoms with Gasteiger partial charge in [-0.25, -0.2) is 32.1 Å². The fourth-order valence-corrected chi connectivity index (χ4v) is 6.75. The van der Waals surface area contributed by atoms with Crippen LogP contribution in [0.25, 0.3) is 21.0 Å². The quantitative estimate of drug-likeness (QED) is 0.156. The summed E-state index contributed by atoms with van der Waals surface area (Å²) in [6.45, 7) is 8.84. The third-order valence-electron chi connectivity index (χ3n) is 5.83. The van der Waals surface area contributed by atoms with Gasteiger partial charge in [0.05, 0.1) is 21.6 Å². The predicted octanol–water partition coefficient (Wildman–Crippen LogP) is 6.97. The van der Waals surface area contributed by atoms with E-state index in [1.54, 1.807) is 52.8 Å². The lowest BCUT2D eigenvalue weighted by atomic mass is 10.1. The SMILES string of the molecule is CC(C)OC(=O)Nc1ccc(-c2ncc(-c3ccc(NC(=O)NCc4ccccc4)cc3S(=O)(=O)NC(C)(C)C)s2)cc1F. The maximum atomic E-state index is 14.8. The Labute approximate surface area is 260 Å². The highest BCUT2D eigenvalue weighted by Gasteiger charge is 2.27. The summed E-state index contributed by atoms with van der Waals surface area (Å²) in [7, 11) is -4.05. The zero-order chi connectivity index (χ0) is 32.1. The van der Waals surface area contributed by atoms with Crippen LogP contribution in [0.15, 0.2) is 77.8 Å². The fourth-order valence-electron chi connectivity index (χ4n) is 4.07. The molecule has 1 aromatic heterocycles. The second-order valence-corrected chi connectivity index (χ2v) is 13.8. The van der Waals surface area contributed by atoms with Crippen LogP contribution in [0, 0.1) is 5.82 Å². The summed E-state index contributed by atoms with van der Waals surface area (Å²) in [5, 5.41) is 8.25. The van der Waals surface area contributed by atoms with Crippen molar-refractivity contribution < 1.29 is 27.1 Å². The van der Waals surface area contributed by atoms with Gasteiger partial charge in [0.15, 0.2) is 0 Å². The molecule has 10 nitrogen and oxygen atoms in total. The van der Waals surface area contributed by atoms with E-state index in [9.17, 15) is 22.4 Å². The second-order valence-electron chi connectivity index (χ2n) is 11.2. The van der Waals surface area contributed by atoms with Gasteiger partial charge in [-0.1, -0.05) is 36.4 Å². The number of aromatic nitrogens is 1. The van der Waals surface area contributed by atoms with E-state index in [1.807, 2.05) is 30.3 Å². The molecule has 44 heavy (non-hydrogen) atoms. The molecule has 0 aliphatic heterocycles. The normalized spacial score (nSPS) is 11.7. The van der Waals surface area contributed by atoms with Crippen molar-refractivity contribution in [1.82, 2.24) is 15.0 Å². The number of carbonyl (C=O) groups is 2. The average Bonchev–Trinajstić information content (AvgIpc) is 3.42. The van der Waals surface area contributed by atoms with Crippen LogP contribution in [0.1, 0.15) is 40.2 Å². The van der Waals surface area contributed by atoms with Crippen molar-refractivity contribution in [2.75, 3.05) is 10.6 Å². The van der Waals surface area contributed by atoms with Gasteiger partial charge in [-0.15, -0.1) is 11.3 Å². The highest BCUT2D eigenvalue weighted by molar-refractivity contribution is 7.89. The highest BCUT2D eigenvalue weighted by atomic mass is 32.2. The topological polar surface area (TPSA) is 139 Å². The van der Waals surface area contributed by atoms with Gasteiger partial charge in [-0.2, -0.15) is 0 Å². The predicted molar refractivity (Wildman–Crippen MR) is 171 cm³/mol. The molecule has 0 saturated heterocycles. The van der Waals surface area contributed by atoms with Gasteiger partial charge in [0.25, 0.3) is 0 Å². The summed E-state index contributed by atoms with van der Waals surface area (Å²) in [6, 6.07) is 17.7. The third-order valence-corrected chi connectivity index (χ3v) is 8.71. The molecule has 0 aliphatic carbocycles. The molecule has 0 atom stereocenters. The van der Waals surface area contributed by atoms with E-state index in [2.05, 4.69) is 25.7 Å². The Kier molecular flexibility index (Phi) is 10.0. The van der Waals surface area contributed by atoms with Crippen LogP contribution in [0.3, 0.4) is 0 Å². The first-order chi connectivity index (χ1) is 20.7. The molecule has 3 amide bonds. The number of ether oxygens (including phenoxy) is 1. The Morgan fingerprint density at radius 3 is 2.39 bits per heavy atom. The second kappa shape index (κ2) is 13.5. The number of hydrogen-bond donors (Lipinski definition) is 4. The van der Waals surface area contributed by atoms with Crippen molar-refractivity contribution in [2.45, 2.75) is 57.7 Å². The summed E-state index contributed by atoms with van der Waals surface area (Å²) < 4.78 is 49.6. The van der Waals surface area contributed by atoms with Crippen LogP contribution < -0.4 is 20.7 Å². The zero-order valence-corrected chi connectivity index (χ0v) is 26.5. The van der Waals surface area contributed by atoms with Gasteiger partial charge in [0.2, 0.25) is 10.0 Å².